The molecule has 0 radical (unpaired) electrons. The first-order valence-corrected chi connectivity index (χ1v) is 13.8. The van der Waals surface area contributed by atoms with Gasteiger partial charge in [-0.15, -0.1) is 0 Å². The third-order valence-corrected chi connectivity index (χ3v) is 8.38. The molecule has 3 atom stereocenters. The standard InChI is InChI=1S/C32H33F5N2O/c33-26-12-7-22(8-13-26)28(23-9-14-27(34)15-10-23)5-2-6-31(40)38-30-16-11-24-19-39(20-29(24)30)18-21-3-1-4-25(17-21)32(35,36)37/h1,3-4,7-10,12-15,17,24,28-30H,2,5-6,11,16,18-20H2,(H,38,40). The fraction of sp³-hybridized carbons (Fsp3) is 0.406. The maximum atomic E-state index is 13.5. The lowest BCUT2D eigenvalue weighted by Gasteiger charge is -2.22. The van der Waals surface area contributed by atoms with Crippen LogP contribution in [0.2, 0.25) is 0 Å². The van der Waals surface area contributed by atoms with Gasteiger partial charge in [0.05, 0.1) is 5.56 Å². The maximum absolute atomic E-state index is 13.5. The molecule has 212 valence electrons. The molecule has 0 spiro atoms. The zero-order chi connectivity index (χ0) is 28.3. The number of benzene rings is 3. The Balaban J connectivity index is 1.14. The molecule has 1 N–H and O–H groups in total. The lowest BCUT2D eigenvalue weighted by molar-refractivity contribution is -0.137. The Bertz CT molecular complexity index is 1250. The van der Waals surface area contributed by atoms with Crippen LogP contribution in [-0.2, 0) is 17.5 Å². The highest BCUT2D eigenvalue weighted by atomic mass is 19.4. The molecule has 1 saturated heterocycles. The van der Waals surface area contributed by atoms with Gasteiger partial charge in [-0.05, 0) is 84.5 Å². The summed E-state index contributed by atoms with van der Waals surface area (Å²) in [6.07, 6.45) is -0.830. The van der Waals surface area contributed by atoms with E-state index in [0.717, 1.165) is 43.1 Å². The van der Waals surface area contributed by atoms with Gasteiger partial charge in [0.15, 0.2) is 0 Å². The molecule has 1 saturated carbocycles. The van der Waals surface area contributed by atoms with Crippen LogP contribution in [0.3, 0.4) is 0 Å². The van der Waals surface area contributed by atoms with Crippen molar-refractivity contribution in [1.29, 1.82) is 0 Å². The molecular weight excluding hydrogens is 523 g/mol. The second-order valence-electron chi connectivity index (χ2n) is 11.1. The van der Waals surface area contributed by atoms with Gasteiger partial charge in [0.2, 0.25) is 5.91 Å². The van der Waals surface area contributed by atoms with Crippen molar-refractivity contribution in [2.45, 2.75) is 56.8 Å². The van der Waals surface area contributed by atoms with Gasteiger partial charge in [-0.3, -0.25) is 9.69 Å². The zero-order valence-electron chi connectivity index (χ0n) is 22.1. The second kappa shape index (κ2) is 12.1. The van der Waals surface area contributed by atoms with E-state index in [1.807, 2.05) is 0 Å². The third kappa shape index (κ3) is 6.89. The summed E-state index contributed by atoms with van der Waals surface area (Å²) in [5, 5.41) is 3.22. The SMILES string of the molecule is O=C(CCCC(c1ccc(F)cc1)c1ccc(F)cc1)NC1CCC2CN(Cc3cccc(C(F)(F)F)c3)CC21. The monoisotopic (exact) mass is 556 g/mol. The molecule has 1 amide bonds. The Kier molecular flexibility index (Phi) is 8.54. The topological polar surface area (TPSA) is 32.3 Å². The summed E-state index contributed by atoms with van der Waals surface area (Å²) in [5.74, 6) is -0.0197. The van der Waals surface area contributed by atoms with Crippen molar-refractivity contribution in [3.05, 3.63) is 107 Å². The van der Waals surface area contributed by atoms with Crippen molar-refractivity contribution < 1.29 is 26.7 Å². The minimum atomic E-state index is -4.36. The second-order valence-corrected chi connectivity index (χ2v) is 11.1. The summed E-state index contributed by atoms with van der Waals surface area (Å²) < 4.78 is 66.3. The van der Waals surface area contributed by atoms with Gasteiger partial charge < -0.3 is 5.32 Å². The first kappa shape index (κ1) is 28.3. The van der Waals surface area contributed by atoms with Gasteiger partial charge in [-0.25, -0.2) is 8.78 Å². The summed E-state index contributed by atoms with van der Waals surface area (Å²) in [7, 11) is 0. The number of hydrogen-bond acceptors (Lipinski definition) is 2. The van der Waals surface area contributed by atoms with Crippen LogP contribution < -0.4 is 5.32 Å². The van der Waals surface area contributed by atoms with E-state index in [1.54, 1.807) is 30.3 Å². The van der Waals surface area contributed by atoms with Crippen molar-refractivity contribution in [2.24, 2.45) is 11.8 Å². The molecule has 3 nitrogen and oxygen atoms in total. The largest absolute Gasteiger partial charge is 0.416 e. The van der Waals surface area contributed by atoms with E-state index in [2.05, 4.69) is 10.2 Å². The number of amides is 1. The number of nitrogens with zero attached hydrogens (tertiary/aromatic N) is 1. The van der Waals surface area contributed by atoms with Gasteiger partial charge in [-0.2, -0.15) is 13.2 Å². The van der Waals surface area contributed by atoms with Crippen molar-refractivity contribution in [3.8, 4) is 0 Å². The molecule has 0 aromatic heterocycles. The molecule has 0 bridgehead atoms. The van der Waals surface area contributed by atoms with Crippen molar-refractivity contribution in [1.82, 2.24) is 10.2 Å². The number of hydrogen-bond donors (Lipinski definition) is 1. The number of alkyl halides is 3. The van der Waals surface area contributed by atoms with E-state index in [9.17, 15) is 26.7 Å². The average Bonchev–Trinajstić information content (AvgIpc) is 3.48. The lowest BCUT2D eigenvalue weighted by atomic mass is 9.87. The van der Waals surface area contributed by atoms with Crippen LogP contribution in [-0.4, -0.2) is 29.9 Å². The van der Waals surface area contributed by atoms with Crippen LogP contribution in [0.4, 0.5) is 22.0 Å². The predicted octanol–water partition coefficient (Wildman–Crippen LogP) is 7.31. The average molecular weight is 557 g/mol. The molecule has 2 aliphatic rings. The summed E-state index contributed by atoms with van der Waals surface area (Å²) in [6, 6.07) is 18.1. The summed E-state index contributed by atoms with van der Waals surface area (Å²) >= 11 is 0. The van der Waals surface area contributed by atoms with Crippen molar-refractivity contribution >= 4 is 5.91 Å². The number of fused-ring (bicyclic) bond motifs is 1. The first-order valence-electron chi connectivity index (χ1n) is 13.8. The van der Waals surface area contributed by atoms with E-state index >= 15 is 0 Å². The number of rotatable bonds is 9. The van der Waals surface area contributed by atoms with Crippen molar-refractivity contribution in [3.63, 3.8) is 0 Å². The van der Waals surface area contributed by atoms with Gasteiger partial charge >= 0.3 is 6.18 Å². The Morgan fingerprint density at radius 1 is 0.900 bits per heavy atom. The van der Waals surface area contributed by atoms with E-state index in [4.69, 9.17) is 0 Å². The van der Waals surface area contributed by atoms with Crippen LogP contribution >= 0.6 is 0 Å². The van der Waals surface area contributed by atoms with Crippen LogP contribution in [0.25, 0.3) is 0 Å². The minimum Gasteiger partial charge on any atom is -0.353 e. The zero-order valence-corrected chi connectivity index (χ0v) is 22.1. The highest BCUT2D eigenvalue weighted by molar-refractivity contribution is 5.76. The maximum Gasteiger partial charge on any atom is 0.416 e. The van der Waals surface area contributed by atoms with Gasteiger partial charge in [0.25, 0.3) is 0 Å². The Hall–Kier alpha value is -3.26. The van der Waals surface area contributed by atoms with Gasteiger partial charge in [0.1, 0.15) is 11.6 Å². The lowest BCUT2D eigenvalue weighted by Crippen LogP contribution is -2.39. The number of carbonyl (C=O) groups excluding carboxylic acids is 1. The van der Waals surface area contributed by atoms with E-state index < -0.39 is 11.7 Å². The summed E-state index contributed by atoms with van der Waals surface area (Å²) in [6.45, 7) is 2.04. The highest BCUT2D eigenvalue weighted by Crippen LogP contribution is 2.39. The fourth-order valence-electron chi connectivity index (χ4n) is 6.43. The van der Waals surface area contributed by atoms with Crippen LogP contribution in [0.5, 0.6) is 0 Å². The molecule has 1 heterocycles. The van der Waals surface area contributed by atoms with E-state index in [1.165, 1.54) is 36.4 Å². The molecule has 1 aliphatic carbocycles. The molecule has 5 rings (SSSR count). The quantitative estimate of drug-likeness (QED) is 0.280. The summed E-state index contributed by atoms with van der Waals surface area (Å²) in [4.78, 5) is 15.1. The number of halogens is 5. The molecule has 3 aromatic carbocycles. The van der Waals surface area contributed by atoms with Crippen LogP contribution in [0.15, 0.2) is 72.8 Å². The van der Waals surface area contributed by atoms with E-state index in [0.29, 0.717) is 43.2 Å². The number of likely N-dealkylation sites (tertiary alicyclic amines) is 1. The molecule has 3 unspecified atom stereocenters. The molecule has 8 heteroatoms. The number of carbonyl (C=O) groups is 1. The minimum absolute atomic E-state index is 0.0149. The normalized spacial score (nSPS) is 21.1. The van der Waals surface area contributed by atoms with Gasteiger partial charge in [-0.1, -0.05) is 42.5 Å². The Morgan fingerprint density at radius 2 is 1.55 bits per heavy atom. The fourth-order valence-corrected chi connectivity index (χ4v) is 6.43. The van der Waals surface area contributed by atoms with Gasteiger partial charge in [0, 0.05) is 38.0 Å². The predicted molar refractivity (Wildman–Crippen MR) is 143 cm³/mol. The Labute approximate surface area is 231 Å². The smallest absolute Gasteiger partial charge is 0.353 e. The molecule has 40 heavy (non-hydrogen) atoms. The van der Waals surface area contributed by atoms with Crippen molar-refractivity contribution in [2.75, 3.05) is 13.1 Å². The van der Waals surface area contributed by atoms with Crippen LogP contribution in [0.1, 0.15) is 60.3 Å². The Morgan fingerprint density at radius 3 is 2.17 bits per heavy atom. The van der Waals surface area contributed by atoms with E-state index in [-0.39, 0.29) is 29.5 Å². The summed E-state index contributed by atoms with van der Waals surface area (Å²) in [5.41, 5.74) is 1.85. The molecule has 1 aliphatic heterocycles. The van der Waals surface area contributed by atoms with Crippen LogP contribution in [0, 0.1) is 23.5 Å². The first-order chi connectivity index (χ1) is 19.2. The third-order valence-electron chi connectivity index (χ3n) is 8.38. The highest BCUT2D eigenvalue weighted by Gasteiger charge is 2.43. The number of nitrogens with one attached hydrogen (secondary N) is 1. The molecule has 2 fully saturated rings. The molecule has 3 aromatic rings. The molecular formula is C32H33F5N2O.